The molecular formula is C14H24N2O. The molecule has 2 fully saturated rings. The van der Waals surface area contributed by atoms with E-state index in [2.05, 4.69) is 18.3 Å². The predicted octanol–water partition coefficient (Wildman–Crippen LogP) is 2.62. The zero-order valence-electron chi connectivity index (χ0n) is 10.9. The van der Waals surface area contributed by atoms with E-state index in [1.807, 2.05) is 0 Å². The van der Waals surface area contributed by atoms with Crippen LogP contribution in [0.3, 0.4) is 0 Å². The molecule has 0 aromatic heterocycles. The van der Waals surface area contributed by atoms with Crippen molar-refractivity contribution < 1.29 is 4.74 Å². The lowest BCUT2D eigenvalue weighted by Gasteiger charge is -2.38. The largest absolute Gasteiger partial charge is 0.381 e. The van der Waals surface area contributed by atoms with Gasteiger partial charge in [0.1, 0.15) is 0 Å². The van der Waals surface area contributed by atoms with Crippen LogP contribution in [0.2, 0.25) is 0 Å². The molecule has 1 aliphatic carbocycles. The van der Waals surface area contributed by atoms with Crippen molar-refractivity contribution >= 4 is 0 Å². The quantitative estimate of drug-likeness (QED) is 0.819. The van der Waals surface area contributed by atoms with E-state index >= 15 is 0 Å². The number of hydrogen-bond acceptors (Lipinski definition) is 3. The summed E-state index contributed by atoms with van der Waals surface area (Å²) in [6.07, 6.45) is 7.89. The van der Waals surface area contributed by atoms with Crippen LogP contribution in [-0.4, -0.2) is 25.3 Å². The van der Waals surface area contributed by atoms with Gasteiger partial charge in [-0.2, -0.15) is 5.26 Å². The molecule has 0 spiro atoms. The van der Waals surface area contributed by atoms with Crippen molar-refractivity contribution in [2.24, 2.45) is 5.41 Å². The maximum atomic E-state index is 8.83. The fourth-order valence-electron chi connectivity index (χ4n) is 3.05. The van der Waals surface area contributed by atoms with E-state index in [9.17, 15) is 0 Å². The van der Waals surface area contributed by atoms with Gasteiger partial charge in [-0.05, 0) is 43.9 Å². The van der Waals surface area contributed by atoms with Crippen molar-refractivity contribution in [1.29, 1.82) is 5.26 Å². The molecule has 2 rings (SSSR count). The SMILES string of the molecule is C[C@]1(CC#N)CC[C@@H](NC2CCOCC2)CC1. The topological polar surface area (TPSA) is 45.0 Å². The minimum Gasteiger partial charge on any atom is -0.381 e. The van der Waals surface area contributed by atoms with Crippen LogP contribution >= 0.6 is 0 Å². The van der Waals surface area contributed by atoms with Crippen LogP contribution in [0.1, 0.15) is 51.9 Å². The molecule has 1 saturated carbocycles. The molecule has 2 aliphatic rings. The standard InChI is InChI=1S/C14H24N2O/c1-14(8-9-15)6-2-12(3-7-14)16-13-4-10-17-11-5-13/h12-13,16H,2-8,10-11H2,1H3/t12-,14+. The summed E-state index contributed by atoms with van der Waals surface area (Å²) in [6.45, 7) is 4.09. The summed E-state index contributed by atoms with van der Waals surface area (Å²) in [7, 11) is 0. The van der Waals surface area contributed by atoms with Crippen molar-refractivity contribution in [2.75, 3.05) is 13.2 Å². The highest BCUT2D eigenvalue weighted by Crippen LogP contribution is 2.38. The molecule has 0 unspecified atom stereocenters. The molecule has 0 atom stereocenters. The second-order valence-corrected chi connectivity index (χ2v) is 5.97. The van der Waals surface area contributed by atoms with Gasteiger partial charge in [-0.1, -0.05) is 6.92 Å². The molecule has 0 aromatic carbocycles. The number of nitrogens with zero attached hydrogens (tertiary/aromatic N) is 1. The van der Waals surface area contributed by atoms with E-state index in [1.54, 1.807) is 0 Å². The number of ether oxygens (including phenoxy) is 1. The van der Waals surface area contributed by atoms with E-state index in [-0.39, 0.29) is 5.41 Å². The molecule has 1 heterocycles. The normalized spacial score (nSPS) is 35.4. The van der Waals surface area contributed by atoms with Crippen molar-refractivity contribution in [3.63, 3.8) is 0 Å². The summed E-state index contributed by atoms with van der Waals surface area (Å²) in [5.74, 6) is 0. The number of nitriles is 1. The zero-order chi connectivity index (χ0) is 12.1. The summed E-state index contributed by atoms with van der Waals surface area (Å²) < 4.78 is 5.38. The predicted molar refractivity (Wildman–Crippen MR) is 67.6 cm³/mol. The third-order valence-corrected chi connectivity index (χ3v) is 4.39. The third-order valence-electron chi connectivity index (χ3n) is 4.39. The summed E-state index contributed by atoms with van der Waals surface area (Å²) in [5.41, 5.74) is 0.280. The number of rotatable bonds is 3. The maximum Gasteiger partial charge on any atom is 0.0627 e. The lowest BCUT2D eigenvalue weighted by Crippen LogP contribution is -2.44. The second-order valence-electron chi connectivity index (χ2n) is 5.97. The first-order valence-corrected chi connectivity index (χ1v) is 6.93. The van der Waals surface area contributed by atoms with Gasteiger partial charge in [0.05, 0.1) is 6.07 Å². The highest BCUT2D eigenvalue weighted by molar-refractivity contribution is 4.92. The highest BCUT2D eigenvalue weighted by atomic mass is 16.5. The van der Waals surface area contributed by atoms with Crippen LogP contribution < -0.4 is 5.32 Å². The summed E-state index contributed by atoms with van der Waals surface area (Å²) in [6, 6.07) is 3.67. The Labute approximate surface area is 105 Å². The fraction of sp³-hybridized carbons (Fsp3) is 0.929. The van der Waals surface area contributed by atoms with Gasteiger partial charge in [-0.3, -0.25) is 0 Å². The molecule has 1 saturated heterocycles. The Balaban J connectivity index is 1.73. The van der Waals surface area contributed by atoms with Crippen molar-refractivity contribution in [3.05, 3.63) is 0 Å². The van der Waals surface area contributed by atoms with Gasteiger partial charge in [-0.25, -0.2) is 0 Å². The Morgan fingerprint density at radius 2 is 1.76 bits per heavy atom. The van der Waals surface area contributed by atoms with Gasteiger partial charge in [-0.15, -0.1) is 0 Å². The average Bonchev–Trinajstić information content (AvgIpc) is 2.34. The Morgan fingerprint density at radius 1 is 1.18 bits per heavy atom. The summed E-state index contributed by atoms with van der Waals surface area (Å²) in [5, 5.41) is 12.6. The van der Waals surface area contributed by atoms with E-state index in [0.29, 0.717) is 12.1 Å². The minimum atomic E-state index is 0.280. The van der Waals surface area contributed by atoms with Crippen LogP contribution in [0.4, 0.5) is 0 Å². The maximum absolute atomic E-state index is 8.83. The van der Waals surface area contributed by atoms with Crippen LogP contribution in [0, 0.1) is 16.7 Å². The zero-order valence-corrected chi connectivity index (χ0v) is 10.9. The van der Waals surface area contributed by atoms with Gasteiger partial charge < -0.3 is 10.1 Å². The Kier molecular flexibility index (Phi) is 4.42. The van der Waals surface area contributed by atoms with Crippen molar-refractivity contribution in [3.8, 4) is 6.07 Å². The third kappa shape index (κ3) is 3.69. The van der Waals surface area contributed by atoms with Gasteiger partial charge >= 0.3 is 0 Å². The van der Waals surface area contributed by atoms with E-state index in [0.717, 1.165) is 32.5 Å². The lowest BCUT2D eigenvalue weighted by molar-refractivity contribution is 0.0697. The molecular weight excluding hydrogens is 212 g/mol. The van der Waals surface area contributed by atoms with Crippen LogP contribution in [-0.2, 0) is 4.74 Å². The molecule has 0 bridgehead atoms. The van der Waals surface area contributed by atoms with Crippen molar-refractivity contribution in [1.82, 2.24) is 5.32 Å². The molecule has 1 aliphatic heterocycles. The minimum absolute atomic E-state index is 0.280. The summed E-state index contributed by atoms with van der Waals surface area (Å²) >= 11 is 0. The van der Waals surface area contributed by atoms with Gasteiger partial charge in [0.2, 0.25) is 0 Å². The first-order valence-electron chi connectivity index (χ1n) is 6.93. The molecule has 17 heavy (non-hydrogen) atoms. The van der Waals surface area contributed by atoms with Gasteiger partial charge in [0.15, 0.2) is 0 Å². The van der Waals surface area contributed by atoms with E-state index in [4.69, 9.17) is 10.00 Å². The number of nitrogens with one attached hydrogen (secondary N) is 1. The fourth-order valence-corrected chi connectivity index (χ4v) is 3.05. The number of hydrogen-bond donors (Lipinski definition) is 1. The van der Waals surface area contributed by atoms with E-state index < -0.39 is 0 Å². The molecule has 1 N–H and O–H groups in total. The molecule has 3 heteroatoms. The van der Waals surface area contributed by atoms with E-state index in [1.165, 1.54) is 25.7 Å². The monoisotopic (exact) mass is 236 g/mol. The molecule has 0 radical (unpaired) electrons. The van der Waals surface area contributed by atoms with Gasteiger partial charge in [0.25, 0.3) is 0 Å². The average molecular weight is 236 g/mol. The molecule has 0 aromatic rings. The lowest BCUT2D eigenvalue weighted by atomic mass is 9.72. The Bertz CT molecular complexity index is 270. The summed E-state index contributed by atoms with van der Waals surface area (Å²) in [4.78, 5) is 0. The Hall–Kier alpha value is -0.590. The molecule has 3 nitrogen and oxygen atoms in total. The molecule has 0 amide bonds. The molecule has 96 valence electrons. The van der Waals surface area contributed by atoms with Crippen LogP contribution in [0.15, 0.2) is 0 Å². The van der Waals surface area contributed by atoms with Crippen molar-refractivity contribution in [2.45, 2.75) is 64.0 Å². The smallest absolute Gasteiger partial charge is 0.0627 e. The first-order chi connectivity index (χ1) is 8.22. The van der Waals surface area contributed by atoms with Gasteiger partial charge in [0, 0.05) is 31.7 Å². The highest BCUT2D eigenvalue weighted by Gasteiger charge is 2.31. The Morgan fingerprint density at radius 3 is 2.35 bits per heavy atom. The van der Waals surface area contributed by atoms with Crippen LogP contribution in [0.5, 0.6) is 0 Å². The van der Waals surface area contributed by atoms with Crippen LogP contribution in [0.25, 0.3) is 0 Å². The first kappa shape index (κ1) is 12.9. The second kappa shape index (κ2) is 5.84.